The summed E-state index contributed by atoms with van der Waals surface area (Å²) in [5.74, 6) is -0.275. The van der Waals surface area contributed by atoms with Gasteiger partial charge in [0, 0.05) is 11.9 Å². The zero-order valence-electron chi connectivity index (χ0n) is 13.9. The van der Waals surface area contributed by atoms with Crippen molar-refractivity contribution in [2.45, 2.75) is 23.6 Å². The number of amides is 1. The molecule has 3 rings (SSSR count). The van der Waals surface area contributed by atoms with Crippen LogP contribution < -0.4 is 5.32 Å². The average molecular weight is 354 g/mol. The Kier molecular flexibility index (Phi) is 5.66. The molecule has 0 saturated carbocycles. The van der Waals surface area contributed by atoms with Crippen LogP contribution in [-0.4, -0.2) is 22.7 Å². The molecule has 1 amide bonds. The number of fused-ring (bicyclic) bond motifs is 1. The van der Waals surface area contributed by atoms with E-state index in [1.807, 2.05) is 43.3 Å². The molecule has 2 aromatic carbocycles. The molecule has 0 aliphatic rings. The minimum atomic E-state index is -0.249. The molecule has 1 N–H and O–H groups in total. The molecule has 3 nitrogen and oxygen atoms in total. The molecule has 1 heterocycles. The van der Waals surface area contributed by atoms with Crippen molar-refractivity contribution in [1.82, 2.24) is 10.3 Å². The van der Waals surface area contributed by atoms with Gasteiger partial charge in [-0.15, -0.1) is 0 Å². The zero-order chi connectivity index (χ0) is 17.6. The summed E-state index contributed by atoms with van der Waals surface area (Å²) in [4.78, 5) is 16.8. The largest absolute Gasteiger partial charge is 0.355 e. The van der Waals surface area contributed by atoms with Crippen LogP contribution in [-0.2, 0) is 11.2 Å². The first-order chi connectivity index (χ1) is 12.1. The fourth-order valence-corrected chi connectivity index (χ4v) is 3.32. The number of para-hydroxylation sites is 1. The number of nitrogens with zero attached hydrogens (tertiary/aromatic N) is 1. The third-order valence-corrected chi connectivity index (χ3v) is 4.90. The monoisotopic (exact) mass is 354 g/mol. The number of halogens is 1. The standard InChI is InChI=1S/C20H19FN2OS/c1-14(20(24)22-13-12-15-6-9-17(21)10-7-15)25-19-11-8-16-4-2-3-5-18(16)23-19/h2-11,14H,12-13H2,1H3,(H,22,24)/t14-/m0/s1. The van der Waals surface area contributed by atoms with E-state index in [1.54, 1.807) is 12.1 Å². The maximum atomic E-state index is 12.9. The Morgan fingerprint density at radius 1 is 1.12 bits per heavy atom. The predicted octanol–water partition coefficient (Wildman–Crippen LogP) is 4.21. The Morgan fingerprint density at radius 2 is 1.88 bits per heavy atom. The second kappa shape index (κ2) is 8.12. The summed E-state index contributed by atoms with van der Waals surface area (Å²) in [5, 5.41) is 4.61. The fourth-order valence-electron chi connectivity index (χ4n) is 2.47. The highest BCUT2D eigenvalue weighted by Crippen LogP contribution is 2.23. The van der Waals surface area contributed by atoms with E-state index in [9.17, 15) is 9.18 Å². The lowest BCUT2D eigenvalue weighted by Crippen LogP contribution is -2.32. The minimum absolute atomic E-state index is 0.0259. The van der Waals surface area contributed by atoms with Crippen molar-refractivity contribution < 1.29 is 9.18 Å². The first-order valence-electron chi connectivity index (χ1n) is 8.16. The van der Waals surface area contributed by atoms with E-state index in [-0.39, 0.29) is 17.0 Å². The molecule has 0 aliphatic heterocycles. The Labute approximate surface area is 150 Å². The SMILES string of the molecule is C[C@H](Sc1ccc2ccccc2n1)C(=O)NCCc1ccc(F)cc1. The van der Waals surface area contributed by atoms with E-state index in [4.69, 9.17) is 0 Å². The normalized spacial score (nSPS) is 12.1. The molecule has 0 aliphatic carbocycles. The quantitative estimate of drug-likeness (QED) is 0.674. The molecule has 128 valence electrons. The van der Waals surface area contributed by atoms with Gasteiger partial charge in [0.1, 0.15) is 5.82 Å². The maximum absolute atomic E-state index is 12.9. The number of nitrogens with one attached hydrogen (secondary N) is 1. The third-order valence-electron chi connectivity index (χ3n) is 3.87. The van der Waals surface area contributed by atoms with Crippen molar-refractivity contribution in [3.8, 4) is 0 Å². The van der Waals surface area contributed by atoms with Gasteiger partial charge >= 0.3 is 0 Å². The van der Waals surface area contributed by atoms with Gasteiger partial charge in [0.15, 0.2) is 0 Å². The zero-order valence-corrected chi connectivity index (χ0v) is 14.7. The van der Waals surface area contributed by atoms with Gasteiger partial charge in [0.25, 0.3) is 0 Å². The molecule has 0 saturated heterocycles. The van der Waals surface area contributed by atoms with Gasteiger partial charge in [-0.1, -0.05) is 48.2 Å². The number of carbonyl (C=O) groups is 1. The van der Waals surface area contributed by atoms with Gasteiger partial charge in [0.05, 0.1) is 15.8 Å². The molecule has 0 fully saturated rings. The lowest BCUT2D eigenvalue weighted by molar-refractivity contribution is -0.120. The average Bonchev–Trinajstić information content (AvgIpc) is 2.63. The van der Waals surface area contributed by atoms with Crippen molar-refractivity contribution in [3.63, 3.8) is 0 Å². The Hall–Kier alpha value is -2.40. The Balaban J connectivity index is 1.52. The molecular weight excluding hydrogens is 335 g/mol. The first kappa shape index (κ1) is 17.4. The summed E-state index contributed by atoms with van der Waals surface area (Å²) in [6.45, 7) is 2.40. The Bertz CT molecular complexity index is 867. The number of hydrogen-bond donors (Lipinski definition) is 1. The van der Waals surface area contributed by atoms with E-state index < -0.39 is 0 Å². The molecule has 25 heavy (non-hydrogen) atoms. The van der Waals surface area contributed by atoms with Gasteiger partial charge in [-0.25, -0.2) is 9.37 Å². The van der Waals surface area contributed by atoms with Crippen LogP contribution in [0.4, 0.5) is 4.39 Å². The highest BCUT2D eigenvalue weighted by atomic mass is 32.2. The predicted molar refractivity (Wildman–Crippen MR) is 100 cm³/mol. The molecule has 0 radical (unpaired) electrons. The third kappa shape index (κ3) is 4.79. The number of hydrogen-bond acceptors (Lipinski definition) is 3. The van der Waals surface area contributed by atoms with Gasteiger partial charge in [-0.2, -0.15) is 0 Å². The van der Waals surface area contributed by atoms with Crippen molar-refractivity contribution in [1.29, 1.82) is 0 Å². The number of aromatic nitrogens is 1. The van der Waals surface area contributed by atoms with E-state index >= 15 is 0 Å². The van der Waals surface area contributed by atoms with Crippen LogP contribution in [0.3, 0.4) is 0 Å². The number of pyridine rings is 1. The lowest BCUT2D eigenvalue weighted by Gasteiger charge is -2.12. The van der Waals surface area contributed by atoms with Gasteiger partial charge < -0.3 is 5.32 Å². The van der Waals surface area contributed by atoms with E-state index in [0.717, 1.165) is 21.5 Å². The van der Waals surface area contributed by atoms with E-state index in [1.165, 1.54) is 23.9 Å². The summed E-state index contributed by atoms with van der Waals surface area (Å²) in [5.41, 5.74) is 1.93. The summed E-state index contributed by atoms with van der Waals surface area (Å²) in [7, 11) is 0. The second-order valence-corrected chi connectivity index (χ2v) is 7.13. The van der Waals surface area contributed by atoms with Crippen LogP contribution in [0.25, 0.3) is 10.9 Å². The van der Waals surface area contributed by atoms with Crippen LogP contribution >= 0.6 is 11.8 Å². The van der Waals surface area contributed by atoms with Crippen LogP contribution in [0.1, 0.15) is 12.5 Å². The summed E-state index contributed by atoms with van der Waals surface area (Å²) >= 11 is 1.44. The summed E-state index contributed by atoms with van der Waals surface area (Å²) < 4.78 is 12.9. The summed E-state index contributed by atoms with van der Waals surface area (Å²) in [6.07, 6.45) is 0.678. The molecule has 0 spiro atoms. The molecule has 1 atom stereocenters. The van der Waals surface area contributed by atoms with Gasteiger partial charge in [0.2, 0.25) is 5.91 Å². The topological polar surface area (TPSA) is 42.0 Å². The van der Waals surface area contributed by atoms with E-state index in [0.29, 0.717) is 13.0 Å². The highest BCUT2D eigenvalue weighted by molar-refractivity contribution is 8.00. The highest BCUT2D eigenvalue weighted by Gasteiger charge is 2.14. The molecule has 0 bridgehead atoms. The van der Waals surface area contributed by atoms with Crippen LogP contribution in [0.15, 0.2) is 65.7 Å². The smallest absolute Gasteiger partial charge is 0.233 e. The van der Waals surface area contributed by atoms with Crippen LogP contribution in [0.5, 0.6) is 0 Å². The minimum Gasteiger partial charge on any atom is -0.355 e. The Morgan fingerprint density at radius 3 is 2.68 bits per heavy atom. The van der Waals surface area contributed by atoms with Crippen LogP contribution in [0, 0.1) is 5.82 Å². The first-order valence-corrected chi connectivity index (χ1v) is 9.04. The number of carbonyl (C=O) groups excluding carboxylic acids is 1. The van der Waals surface area contributed by atoms with Gasteiger partial charge in [-0.3, -0.25) is 4.79 Å². The van der Waals surface area contributed by atoms with Crippen molar-refractivity contribution in [2.24, 2.45) is 0 Å². The number of thioether (sulfide) groups is 1. The molecular formula is C20H19FN2OS. The van der Waals surface area contributed by atoms with Gasteiger partial charge in [-0.05, 0) is 43.2 Å². The molecule has 5 heteroatoms. The number of benzene rings is 2. The van der Waals surface area contributed by atoms with Crippen molar-refractivity contribution in [3.05, 3.63) is 72.0 Å². The fraction of sp³-hybridized carbons (Fsp3) is 0.200. The summed E-state index contributed by atoms with van der Waals surface area (Å²) in [6, 6.07) is 18.2. The second-order valence-electron chi connectivity index (χ2n) is 5.77. The molecule has 1 aromatic heterocycles. The van der Waals surface area contributed by atoms with Crippen molar-refractivity contribution in [2.75, 3.05) is 6.54 Å². The molecule has 0 unspecified atom stereocenters. The van der Waals surface area contributed by atoms with Crippen molar-refractivity contribution >= 4 is 28.6 Å². The van der Waals surface area contributed by atoms with E-state index in [2.05, 4.69) is 10.3 Å². The lowest BCUT2D eigenvalue weighted by atomic mass is 10.1. The number of rotatable bonds is 6. The van der Waals surface area contributed by atoms with Crippen LogP contribution in [0.2, 0.25) is 0 Å². The maximum Gasteiger partial charge on any atom is 0.233 e. The molecule has 3 aromatic rings.